The normalized spacial score (nSPS) is 11.3. The van der Waals surface area contributed by atoms with Crippen molar-refractivity contribution in [1.82, 2.24) is 20.7 Å². The van der Waals surface area contributed by atoms with Gasteiger partial charge in [-0.1, -0.05) is 0 Å². The Bertz CT molecular complexity index is 1010. The molecular formula is C23H30N6O6. The van der Waals surface area contributed by atoms with Crippen molar-refractivity contribution in [2.75, 3.05) is 20.8 Å². The number of carboxylic acids is 1. The van der Waals surface area contributed by atoms with Crippen LogP contribution < -0.4 is 25.9 Å². The van der Waals surface area contributed by atoms with Gasteiger partial charge in [-0.15, -0.1) is 0 Å². The first-order valence-electron chi connectivity index (χ1n) is 10.8. The Kier molecular flexibility index (Phi) is 10.4. The zero-order valence-electron chi connectivity index (χ0n) is 19.6. The van der Waals surface area contributed by atoms with E-state index in [1.165, 1.54) is 32.7 Å². The van der Waals surface area contributed by atoms with Gasteiger partial charge in [0.2, 0.25) is 5.91 Å². The second-order valence-electron chi connectivity index (χ2n) is 7.50. The zero-order chi connectivity index (χ0) is 25.8. The lowest BCUT2D eigenvalue weighted by Gasteiger charge is -2.29. The Morgan fingerprint density at radius 1 is 1.20 bits per heavy atom. The molecule has 1 aromatic carbocycles. The van der Waals surface area contributed by atoms with Crippen LogP contribution in [0.15, 0.2) is 42.7 Å². The van der Waals surface area contributed by atoms with Gasteiger partial charge in [-0.05, 0) is 42.7 Å². The van der Waals surface area contributed by atoms with Crippen LogP contribution in [0.1, 0.15) is 35.2 Å². The number of nitrogens with zero attached hydrogens (tertiary/aromatic N) is 2. The summed E-state index contributed by atoms with van der Waals surface area (Å²) in [6.07, 6.45) is 2.67. The molecule has 0 bridgehead atoms. The summed E-state index contributed by atoms with van der Waals surface area (Å²) in [6.45, 7) is 0.318. The molecule has 12 nitrogen and oxygen atoms in total. The van der Waals surface area contributed by atoms with E-state index in [1.54, 1.807) is 24.3 Å². The maximum atomic E-state index is 13.1. The summed E-state index contributed by atoms with van der Waals surface area (Å²) in [4.78, 5) is 41.7. The number of hydrogen-bond donors (Lipinski definition) is 5. The summed E-state index contributed by atoms with van der Waals surface area (Å²) in [5.74, 6) is -1.63. The quantitative estimate of drug-likeness (QED) is 0.0643. The Hall–Kier alpha value is -4.19. The highest BCUT2D eigenvalue weighted by Gasteiger charge is 2.31. The molecule has 0 fully saturated rings. The molecule has 0 aliphatic rings. The molecule has 12 heteroatoms. The van der Waals surface area contributed by atoms with Crippen LogP contribution in [0.3, 0.4) is 0 Å². The molecule has 1 heterocycles. The zero-order valence-corrected chi connectivity index (χ0v) is 19.6. The van der Waals surface area contributed by atoms with Gasteiger partial charge in [0.05, 0.1) is 20.6 Å². The highest BCUT2D eigenvalue weighted by Crippen LogP contribution is 2.22. The predicted molar refractivity (Wildman–Crippen MR) is 127 cm³/mol. The molecule has 0 spiro atoms. The molecule has 0 aliphatic carbocycles. The molecule has 0 radical (unpaired) electrons. The largest absolute Gasteiger partial charge is 0.497 e. The van der Waals surface area contributed by atoms with E-state index in [0.29, 0.717) is 23.5 Å². The minimum atomic E-state index is -1.27. The molecule has 0 saturated heterocycles. The van der Waals surface area contributed by atoms with Crippen molar-refractivity contribution in [3.8, 4) is 11.5 Å². The monoisotopic (exact) mass is 486 g/mol. The molecular weight excluding hydrogens is 456 g/mol. The number of nitrogens with one attached hydrogen (secondary N) is 3. The van der Waals surface area contributed by atoms with Crippen molar-refractivity contribution in [3.05, 3.63) is 53.9 Å². The first kappa shape index (κ1) is 27.1. The summed E-state index contributed by atoms with van der Waals surface area (Å²) >= 11 is 0. The van der Waals surface area contributed by atoms with Crippen LogP contribution in [-0.4, -0.2) is 65.5 Å². The number of benzene rings is 1. The van der Waals surface area contributed by atoms with Crippen LogP contribution in [0.5, 0.6) is 11.5 Å². The standard InChI is InChI=1S/C23H30N6O6/c1-34-17-9-15(10-18(11-17)35-2)13-28-29(19(22(32)33)6-4-8-27-23(24)25)21(31)12-20(30)16-5-3-7-26-14-16/h3,5,7,9-11,14,19,28H,4,6,8,12-13H2,1-2H3,(H,32,33)(H4,24,25,27)/t19-/m0/s1. The first-order valence-corrected chi connectivity index (χ1v) is 10.8. The number of Topliss-reactive ketones (excluding diaryl/α,β-unsaturated/α-hetero) is 1. The van der Waals surface area contributed by atoms with E-state index in [-0.39, 0.29) is 31.0 Å². The van der Waals surface area contributed by atoms with E-state index in [9.17, 15) is 19.5 Å². The van der Waals surface area contributed by atoms with Crippen molar-refractivity contribution < 1.29 is 29.0 Å². The molecule has 35 heavy (non-hydrogen) atoms. The third-order valence-corrected chi connectivity index (χ3v) is 5.00. The molecule has 0 aliphatic heterocycles. The van der Waals surface area contributed by atoms with Gasteiger partial charge in [-0.2, -0.15) is 0 Å². The maximum absolute atomic E-state index is 13.1. The molecule has 2 aromatic rings. The van der Waals surface area contributed by atoms with E-state index < -0.39 is 30.1 Å². The Balaban J connectivity index is 2.24. The minimum absolute atomic E-state index is 0.0524. The van der Waals surface area contributed by atoms with Crippen molar-refractivity contribution in [1.29, 1.82) is 5.41 Å². The van der Waals surface area contributed by atoms with Crippen LogP contribution in [0, 0.1) is 5.41 Å². The van der Waals surface area contributed by atoms with E-state index in [1.807, 2.05) is 0 Å². The van der Waals surface area contributed by atoms with Gasteiger partial charge in [-0.3, -0.25) is 25.0 Å². The van der Waals surface area contributed by atoms with Crippen molar-refractivity contribution in [2.45, 2.75) is 31.8 Å². The number of aliphatic carboxylic acids is 1. The number of guanidine groups is 1. The molecule has 2 rings (SSSR count). The van der Waals surface area contributed by atoms with Crippen molar-refractivity contribution >= 4 is 23.6 Å². The topological polar surface area (TPSA) is 180 Å². The Labute approximate surface area is 202 Å². The SMILES string of the molecule is COc1cc(CNN(C(=O)CC(=O)c2cccnc2)[C@@H](CCCNC(=N)N)C(=O)O)cc(OC)c1. The number of nitrogens with two attached hydrogens (primary N) is 1. The number of hydrazine groups is 1. The lowest BCUT2D eigenvalue weighted by Crippen LogP contribution is -2.53. The number of ether oxygens (including phenoxy) is 2. The van der Waals surface area contributed by atoms with Crippen LogP contribution >= 0.6 is 0 Å². The number of carbonyl (C=O) groups excluding carboxylic acids is 2. The number of pyridine rings is 1. The number of methoxy groups -OCH3 is 2. The minimum Gasteiger partial charge on any atom is -0.497 e. The number of amides is 1. The van der Waals surface area contributed by atoms with Gasteiger partial charge in [0.15, 0.2) is 11.7 Å². The second-order valence-corrected chi connectivity index (χ2v) is 7.50. The highest BCUT2D eigenvalue weighted by molar-refractivity contribution is 6.07. The van der Waals surface area contributed by atoms with Gasteiger partial charge in [-0.25, -0.2) is 10.2 Å². The van der Waals surface area contributed by atoms with Gasteiger partial charge < -0.3 is 25.6 Å². The van der Waals surface area contributed by atoms with Crippen LogP contribution in [0.25, 0.3) is 0 Å². The van der Waals surface area contributed by atoms with E-state index in [0.717, 1.165) is 5.01 Å². The number of aromatic nitrogens is 1. The van der Waals surface area contributed by atoms with E-state index in [4.69, 9.17) is 20.6 Å². The fraction of sp³-hybridized carbons (Fsp3) is 0.348. The fourth-order valence-corrected chi connectivity index (χ4v) is 3.25. The second kappa shape index (κ2) is 13.5. The first-order chi connectivity index (χ1) is 16.7. The summed E-state index contributed by atoms with van der Waals surface area (Å²) < 4.78 is 10.5. The number of ketones is 1. The average molecular weight is 487 g/mol. The van der Waals surface area contributed by atoms with Gasteiger partial charge in [0, 0.05) is 37.1 Å². The Morgan fingerprint density at radius 3 is 2.43 bits per heavy atom. The molecule has 6 N–H and O–H groups in total. The third-order valence-electron chi connectivity index (χ3n) is 5.00. The third kappa shape index (κ3) is 8.59. The number of rotatable bonds is 14. The summed E-state index contributed by atoms with van der Waals surface area (Å²) in [6, 6.07) is 6.94. The van der Waals surface area contributed by atoms with Crippen molar-refractivity contribution in [2.24, 2.45) is 5.73 Å². The molecule has 1 atom stereocenters. The summed E-state index contributed by atoms with van der Waals surface area (Å²) in [7, 11) is 3.00. The van der Waals surface area contributed by atoms with Crippen LogP contribution in [-0.2, 0) is 16.1 Å². The number of carbonyl (C=O) groups is 3. The van der Waals surface area contributed by atoms with Crippen molar-refractivity contribution in [3.63, 3.8) is 0 Å². The number of carboxylic acid groups (broad SMARTS) is 1. The number of hydrogen-bond acceptors (Lipinski definition) is 8. The lowest BCUT2D eigenvalue weighted by molar-refractivity contribution is -0.153. The lowest BCUT2D eigenvalue weighted by atomic mass is 10.1. The molecule has 188 valence electrons. The maximum Gasteiger partial charge on any atom is 0.328 e. The fourth-order valence-electron chi connectivity index (χ4n) is 3.25. The smallest absolute Gasteiger partial charge is 0.328 e. The molecule has 1 aromatic heterocycles. The van der Waals surface area contributed by atoms with E-state index in [2.05, 4.69) is 15.7 Å². The average Bonchev–Trinajstić information content (AvgIpc) is 2.85. The van der Waals surface area contributed by atoms with Crippen LogP contribution in [0.4, 0.5) is 0 Å². The Morgan fingerprint density at radius 2 is 1.89 bits per heavy atom. The predicted octanol–water partition coefficient (Wildman–Crippen LogP) is 0.921. The highest BCUT2D eigenvalue weighted by atomic mass is 16.5. The molecule has 0 saturated carbocycles. The van der Waals surface area contributed by atoms with Crippen LogP contribution in [0.2, 0.25) is 0 Å². The molecule has 0 unspecified atom stereocenters. The molecule has 1 amide bonds. The summed E-state index contributed by atoms with van der Waals surface area (Å²) in [5.41, 5.74) is 9.04. The van der Waals surface area contributed by atoms with Gasteiger partial charge >= 0.3 is 5.97 Å². The summed E-state index contributed by atoms with van der Waals surface area (Å²) in [5, 5.41) is 20.6. The van der Waals surface area contributed by atoms with E-state index >= 15 is 0 Å². The van der Waals surface area contributed by atoms with Gasteiger partial charge in [0.1, 0.15) is 17.5 Å². The van der Waals surface area contributed by atoms with Gasteiger partial charge in [0.25, 0.3) is 0 Å².